The van der Waals surface area contributed by atoms with Crippen LogP contribution in [-0.2, 0) is 14.6 Å². The lowest BCUT2D eigenvalue weighted by molar-refractivity contribution is -0.124. The van der Waals surface area contributed by atoms with Crippen LogP contribution in [0.5, 0.6) is 0 Å². The van der Waals surface area contributed by atoms with Crippen LogP contribution < -0.4 is 5.32 Å². The van der Waals surface area contributed by atoms with Crippen molar-refractivity contribution in [3.63, 3.8) is 0 Å². The first kappa shape index (κ1) is 16.7. The van der Waals surface area contributed by atoms with Crippen LogP contribution in [0.25, 0.3) is 0 Å². The maximum absolute atomic E-state index is 12.8. The molecule has 0 saturated carbocycles. The third-order valence-electron chi connectivity index (χ3n) is 4.75. The first-order valence-electron chi connectivity index (χ1n) is 8.47. The molecule has 1 aliphatic heterocycles. The number of carbonyl (C=O) groups excluding carboxylic acids is 1. The number of fused-ring (bicyclic) bond motifs is 1. The van der Waals surface area contributed by atoms with E-state index in [-0.39, 0.29) is 17.2 Å². The molecule has 6 heteroatoms. The van der Waals surface area contributed by atoms with Gasteiger partial charge in [0.1, 0.15) is 6.17 Å². The normalized spacial score (nSPS) is 22.7. The van der Waals surface area contributed by atoms with Gasteiger partial charge in [-0.1, -0.05) is 54.6 Å². The minimum Gasteiger partial charge on any atom is -0.330 e. The minimum atomic E-state index is -3.58. The second kappa shape index (κ2) is 6.53. The fourth-order valence-corrected chi connectivity index (χ4v) is 4.85. The summed E-state index contributed by atoms with van der Waals surface area (Å²) in [5, 5.41) is 2.90. The Morgan fingerprint density at radius 2 is 1.62 bits per heavy atom. The van der Waals surface area contributed by atoms with E-state index in [0.717, 1.165) is 11.3 Å². The van der Waals surface area contributed by atoms with Crippen molar-refractivity contribution < 1.29 is 13.2 Å². The Bertz CT molecular complexity index is 996. The van der Waals surface area contributed by atoms with E-state index in [1.54, 1.807) is 36.4 Å². The number of nitrogens with zero attached hydrogens (tertiary/aromatic N) is 1. The van der Waals surface area contributed by atoms with Gasteiger partial charge in [0.15, 0.2) is 0 Å². The Hall–Kier alpha value is -2.73. The molecule has 5 nitrogen and oxygen atoms in total. The summed E-state index contributed by atoms with van der Waals surface area (Å²) >= 11 is 0. The number of sulfone groups is 1. The molecular formula is C20H18N2O3S. The molecule has 0 spiro atoms. The van der Waals surface area contributed by atoms with Gasteiger partial charge in [0, 0.05) is 23.5 Å². The smallest absolute Gasteiger partial charge is 0.231 e. The molecule has 0 aromatic heterocycles. The average Bonchev–Trinajstić information content (AvgIpc) is 2.69. The fraction of sp³-hybridized carbons (Fsp3) is 0.200. The first-order valence-corrected chi connectivity index (χ1v) is 9.95. The number of benzene rings is 2. The van der Waals surface area contributed by atoms with Gasteiger partial charge in [0.05, 0.1) is 10.8 Å². The number of rotatable bonds is 3. The van der Waals surface area contributed by atoms with Crippen LogP contribution in [0.4, 0.5) is 0 Å². The molecule has 2 atom stereocenters. The van der Waals surface area contributed by atoms with E-state index in [0.29, 0.717) is 11.3 Å². The molecule has 1 amide bonds. The highest BCUT2D eigenvalue weighted by atomic mass is 32.2. The van der Waals surface area contributed by atoms with Crippen molar-refractivity contribution in [3.05, 3.63) is 77.2 Å². The van der Waals surface area contributed by atoms with Crippen molar-refractivity contribution in [2.24, 2.45) is 10.9 Å². The molecule has 132 valence electrons. The van der Waals surface area contributed by atoms with Crippen LogP contribution in [0.15, 0.2) is 81.5 Å². The van der Waals surface area contributed by atoms with Crippen molar-refractivity contribution in [1.82, 2.24) is 5.32 Å². The Balaban J connectivity index is 1.65. The molecule has 1 heterocycles. The maximum Gasteiger partial charge on any atom is 0.231 e. The Kier molecular flexibility index (Phi) is 4.20. The molecule has 2 aliphatic rings. The second-order valence-electron chi connectivity index (χ2n) is 6.39. The molecule has 2 unspecified atom stereocenters. The van der Waals surface area contributed by atoms with E-state index >= 15 is 0 Å². The lowest BCUT2D eigenvalue weighted by Gasteiger charge is -2.31. The zero-order chi connectivity index (χ0) is 18.1. The van der Waals surface area contributed by atoms with Crippen molar-refractivity contribution >= 4 is 21.5 Å². The number of amides is 1. The molecule has 4 rings (SSSR count). The maximum atomic E-state index is 12.8. The van der Waals surface area contributed by atoms with Crippen LogP contribution in [0.3, 0.4) is 0 Å². The standard InChI is InChI=1S/C20H18N2O3S/c23-20-17-13-16(26(24,25)15-9-5-2-6-10-15)11-12-18(17)21-19(22-20)14-7-3-1-4-8-14/h1-11,17,19H,12-13H2,(H,22,23). The summed E-state index contributed by atoms with van der Waals surface area (Å²) in [6, 6.07) is 17.9. The summed E-state index contributed by atoms with van der Waals surface area (Å²) in [6.07, 6.45) is 1.82. The number of allylic oxidation sites excluding steroid dienone is 2. The van der Waals surface area contributed by atoms with E-state index < -0.39 is 21.9 Å². The van der Waals surface area contributed by atoms with E-state index in [1.807, 2.05) is 30.3 Å². The Morgan fingerprint density at radius 3 is 2.31 bits per heavy atom. The van der Waals surface area contributed by atoms with Gasteiger partial charge in [0.25, 0.3) is 0 Å². The number of hydrogen-bond acceptors (Lipinski definition) is 4. The third-order valence-corrected chi connectivity index (χ3v) is 6.67. The fourth-order valence-electron chi connectivity index (χ4n) is 3.35. The van der Waals surface area contributed by atoms with Crippen molar-refractivity contribution in [3.8, 4) is 0 Å². The molecule has 1 aliphatic carbocycles. The van der Waals surface area contributed by atoms with Crippen molar-refractivity contribution in [2.45, 2.75) is 23.9 Å². The largest absolute Gasteiger partial charge is 0.330 e. The number of carbonyl (C=O) groups is 1. The summed E-state index contributed by atoms with van der Waals surface area (Å²) in [5.74, 6) is -0.689. The van der Waals surface area contributed by atoms with Gasteiger partial charge in [-0.25, -0.2) is 8.42 Å². The molecule has 0 bridgehead atoms. The summed E-state index contributed by atoms with van der Waals surface area (Å²) in [7, 11) is -3.58. The zero-order valence-electron chi connectivity index (χ0n) is 14.0. The van der Waals surface area contributed by atoms with Gasteiger partial charge in [-0.3, -0.25) is 9.79 Å². The van der Waals surface area contributed by atoms with Crippen LogP contribution in [-0.4, -0.2) is 20.0 Å². The number of aliphatic imine (C=N–C) groups is 1. The number of nitrogens with one attached hydrogen (secondary N) is 1. The molecule has 0 radical (unpaired) electrons. The number of hydrogen-bond donors (Lipinski definition) is 1. The first-order chi connectivity index (χ1) is 12.6. The highest BCUT2D eigenvalue weighted by molar-refractivity contribution is 7.95. The lowest BCUT2D eigenvalue weighted by atomic mass is 9.89. The zero-order valence-corrected chi connectivity index (χ0v) is 14.8. The lowest BCUT2D eigenvalue weighted by Crippen LogP contribution is -2.43. The van der Waals surface area contributed by atoms with Crippen LogP contribution in [0, 0.1) is 5.92 Å². The van der Waals surface area contributed by atoms with Crippen LogP contribution >= 0.6 is 0 Å². The highest BCUT2D eigenvalue weighted by Gasteiger charge is 2.37. The van der Waals surface area contributed by atoms with E-state index in [4.69, 9.17) is 0 Å². The van der Waals surface area contributed by atoms with Gasteiger partial charge >= 0.3 is 0 Å². The summed E-state index contributed by atoms with van der Waals surface area (Å²) in [6.45, 7) is 0. The second-order valence-corrected chi connectivity index (χ2v) is 8.39. The van der Waals surface area contributed by atoms with Crippen LogP contribution in [0.2, 0.25) is 0 Å². The third kappa shape index (κ3) is 2.97. The quantitative estimate of drug-likeness (QED) is 0.907. The van der Waals surface area contributed by atoms with Gasteiger partial charge in [-0.05, 0) is 17.7 Å². The Morgan fingerprint density at radius 1 is 0.962 bits per heavy atom. The SMILES string of the molecule is O=C1NC(c2ccccc2)N=C2CC=C(S(=O)(=O)c3ccccc3)CC12. The topological polar surface area (TPSA) is 75.6 Å². The molecule has 26 heavy (non-hydrogen) atoms. The van der Waals surface area contributed by atoms with Gasteiger partial charge < -0.3 is 5.32 Å². The van der Waals surface area contributed by atoms with E-state index in [2.05, 4.69) is 10.3 Å². The molecule has 1 N–H and O–H groups in total. The predicted octanol–water partition coefficient (Wildman–Crippen LogP) is 3.02. The van der Waals surface area contributed by atoms with E-state index in [1.165, 1.54) is 0 Å². The summed E-state index contributed by atoms with van der Waals surface area (Å²) < 4.78 is 25.6. The summed E-state index contributed by atoms with van der Waals surface area (Å²) in [4.78, 5) is 17.8. The highest BCUT2D eigenvalue weighted by Crippen LogP contribution is 2.34. The predicted molar refractivity (Wildman–Crippen MR) is 99.2 cm³/mol. The van der Waals surface area contributed by atoms with Gasteiger partial charge in [0.2, 0.25) is 15.7 Å². The Labute approximate surface area is 152 Å². The molecule has 2 aromatic rings. The summed E-state index contributed by atoms with van der Waals surface area (Å²) in [5.41, 5.74) is 1.66. The van der Waals surface area contributed by atoms with E-state index in [9.17, 15) is 13.2 Å². The monoisotopic (exact) mass is 366 g/mol. The van der Waals surface area contributed by atoms with Crippen LogP contribution in [0.1, 0.15) is 24.6 Å². The van der Waals surface area contributed by atoms with Crippen molar-refractivity contribution in [1.29, 1.82) is 0 Å². The minimum absolute atomic E-state index is 0.156. The average molecular weight is 366 g/mol. The van der Waals surface area contributed by atoms with Gasteiger partial charge in [-0.15, -0.1) is 0 Å². The molecule has 0 saturated heterocycles. The molecule has 2 aromatic carbocycles. The van der Waals surface area contributed by atoms with Crippen molar-refractivity contribution in [2.75, 3.05) is 0 Å². The molecular weight excluding hydrogens is 348 g/mol. The van der Waals surface area contributed by atoms with Gasteiger partial charge in [-0.2, -0.15) is 0 Å². The molecule has 0 fully saturated rings.